The van der Waals surface area contributed by atoms with Crippen LogP contribution in [0, 0.1) is 11.3 Å². The molecule has 0 saturated heterocycles. The van der Waals surface area contributed by atoms with Crippen LogP contribution in [0.25, 0.3) is 0 Å². The van der Waals surface area contributed by atoms with Crippen molar-refractivity contribution in [1.82, 2.24) is 0 Å². The molecule has 0 unspecified atom stereocenters. The summed E-state index contributed by atoms with van der Waals surface area (Å²) in [6.07, 6.45) is 2.16. The number of hydrogen-bond donors (Lipinski definition) is 0. The second-order valence-electron chi connectivity index (χ2n) is 7.21. The van der Waals surface area contributed by atoms with Crippen molar-refractivity contribution < 1.29 is 28.3 Å². The number of ether oxygens (including phenoxy) is 2. The second kappa shape index (κ2) is 7.96. The van der Waals surface area contributed by atoms with E-state index in [1.165, 1.54) is 0 Å². The third-order valence-electron chi connectivity index (χ3n) is 3.61. The highest BCUT2D eigenvalue weighted by Crippen LogP contribution is 2.42. The maximum Gasteiger partial charge on any atom is 0.320 e. The summed E-state index contributed by atoms with van der Waals surface area (Å²) in [6, 6.07) is 0. The average Bonchev–Trinajstić information content (AvgIpc) is 2.44. The number of rotatable bonds is 7. The van der Waals surface area contributed by atoms with Crippen molar-refractivity contribution in [2.45, 2.75) is 59.4 Å². The maximum absolute atomic E-state index is 12.7. The number of allylic oxidation sites excluding steroid dienone is 2. The zero-order chi connectivity index (χ0) is 18.5. The highest BCUT2D eigenvalue weighted by Gasteiger charge is 2.54. The van der Waals surface area contributed by atoms with Crippen LogP contribution < -0.4 is 0 Å². The topological polar surface area (TPSA) is 78.9 Å². The Kier molecular flexibility index (Phi) is 6.77. The van der Waals surface area contributed by atoms with Crippen LogP contribution in [0.15, 0.2) is 11.8 Å². The summed E-state index contributed by atoms with van der Waals surface area (Å²) in [5.41, 5.74) is -1.60. The van der Waals surface area contributed by atoms with Gasteiger partial charge in [0.15, 0.2) is 0 Å². The van der Waals surface area contributed by atoms with E-state index in [4.69, 9.17) is 13.9 Å². The van der Waals surface area contributed by atoms with Crippen LogP contribution in [0.2, 0.25) is 19.6 Å². The number of aldehydes is 1. The molecule has 0 N–H and O–H groups in total. The van der Waals surface area contributed by atoms with Crippen molar-refractivity contribution >= 4 is 26.5 Å². The molecule has 6 nitrogen and oxygen atoms in total. The Morgan fingerprint density at radius 2 is 2.00 bits per heavy atom. The standard InChI is InChI=1S/C17H28O6Si/c1-7-21-15(19)14-9-8-13(23-24(4,5)6)10-17(14,11-18)16(20)22-12(2)3/h8,11-12,14H,7,9-10H2,1-6H3/t14-,17+/m1/s1. The first-order valence-corrected chi connectivity index (χ1v) is 11.7. The van der Waals surface area contributed by atoms with E-state index in [1.807, 2.05) is 19.6 Å². The molecule has 0 heterocycles. The molecule has 2 atom stereocenters. The largest absolute Gasteiger partial charge is 0.548 e. The van der Waals surface area contributed by atoms with Crippen LogP contribution in [0.5, 0.6) is 0 Å². The minimum atomic E-state index is -1.90. The summed E-state index contributed by atoms with van der Waals surface area (Å²) < 4.78 is 16.3. The molecule has 0 amide bonds. The molecule has 1 aliphatic carbocycles. The Labute approximate surface area is 144 Å². The molecule has 136 valence electrons. The van der Waals surface area contributed by atoms with Crippen LogP contribution in [0.1, 0.15) is 33.6 Å². The molecule has 1 aliphatic rings. The first-order chi connectivity index (χ1) is 11.1. The lowest BCUT2D eigenvalue weighted by atomic mass is 9.69. The Bertz CT molecular complexity index is 520. The van der Waals surface area contributed by atoms with E-state index >= 15 is 0 Å². The SMILES string of the molecule is CCOC(=O)[C@H]1CC=C(O[Si](C)(C)C)C[C@@]1(C=O)C(=O)OC(C)C. The van der Waals surface area contributed by atoms with Crippen molar-refractivity contribution in [1.29, 1.82) is 0 Å². The smallest absolute Gasteiger partial charge is 0.320 e. The van der Waals surface area contributed by atoms with Crippen LogP contribution in [-0.4, -0.2) is 39.3 Å². The van der Waals surface area contributed by atoms with Gasteiger partial charge in [-0.1, -0.05) is 0 Å². The van der Waals surface area contributed by atoms with Crippen molar-refractivity contribution in [2.75, 3.05) is 6.61 Å². The van der Waals surface area contributed by atoms with Crippen molar-refractivity contribution in [3.8, 4) is 0 Å². The number of carbonyl (C=O) groups is 3. The molecule has 7 heteroatoms. The van der Waals surface area contributed by atoms with Crippen molar-refractivity contribution in [3.05, 3.63) is 11.8 Å². The Balaban J connectivity index is 3.23. The minimum absolute atomic E-state index is 0.0236. The Morgan fingerprint density at radius 3 is 2.46 bits per heavy atom. The molecular weight excluding hydrogens is 328 g/mol. The molecule has 0 aromatic heterocycles. The van der Waals surface area contributed by atoms with E-state index in [-0.39, 0.29) is 25.6 Å². The van der Waals surface area contributed by atoms with E-state index in [9.17, 15) is 14.4 Å². The fourth-order valence-electron chi connectivity index (χ4n) is 2.67. The van der Waals surface area contributed by atoms with Gasteiger partial charge in [-0.15, -0.1) is 0 Å². The average molecular weight is 356 g/mol. The summed E-state index contributed by atoms with van der Waals surface area (Å²) in [6.45, 7) is 11.3. The molecule has 1 rings (SSSR count). The lowest BCUT2D eigenvalue weighted by molar-refractivity contribution is -0.174. The molecule has 0 bridgehead atoms. The Morgan fingerprint density at radius 1 is 1.38 bits per heavy atom. The lowest BCUT2D eigenvalue weighted by Crippen LogP contribution is -2.48. The van der Waals surface area contributed by atoms with Crippen molar-refractivity contribution in [2.24, 2.45) is 11.3 Å². The van der Waals surface area contributed by atoms with Gasteiger partial charge in [-0.2, -0.15) is 0 Å². The van der Waals surface area contributed by atoms with Gasteiger partial charge in [-0.3, -0.25) is 9.59 Å². The van der Waals surface area contributed by atoms with Crippen LogP contribution in [-0.2, 0) is 28.3 Å². The number of esters is 2. The molecule has 0 aliphatic heterocycles. The zero-order valence-corrected chi connectivity index (χ0v) is 16.4. The highest BCUT2D eigenvalue weighted by atomic mass is 28.4. The fourth-order valence-corrected chi connectivity index (χ4v) is 3.62. The van der Waals surface area contributed by atoms with Gasteiger partial charge in [0.2, 0.25) is 8.32 Å². The fraction of sp³-hybridized carbons (Fsp3) is 0.706. The summed E-state index contributed by atoms with van der Waals surface area (Å²) in [7, 11) is -1.90. The minimum Gasteiger partial charge on any atom is -0.548 e. The molecule has 0 spiro atoms. The summed E-state index contributed by atoms with van der Waals surface area (Å²) in [4.78, 5) is 36.9. The second-order valence-corrected chi connectivity index (χ2v) is 11.6. The van der Waals surface area contributed by atoms with Gasteiger partial charge in [0.25, 0.3) is 0 Å². The zero-order valence-electron chi connectivity index (χ0n) is 15.4. The number of hydrogen-bond acceptors (Lipinski definition) is 6. The molecular formula is C17H28O6Si. The summed E-state index contributed by atoms with van der Waals surface area (Å²) >= 11 is 0. The van der Waals surface area contributed by atoms with E-state index in [1.54, 1.807) is 26.8 Å². The molecule has 0 fully saturated rings. The molecule has 24 heavy (non-hydrogen) atoms. The van der Waals surface area contributed by atoms with E-state index in [0.29, 0.717) is 12.0 Å². The first-order valence-electron chi connectivity index (χ1n) is 8.27. The molecule has 0 aromatic rings. The monoisotopic (exact) mass is 356 g/mol. The van der Waals surface area contributed by atoms with Gasteiger partial charge in [0, 0.05) is 6.42 Å². The van der Waals surface area contributed by atoms with Crippen LogP contribution >= 0.6 is 0 Å². The lowest BCUT2D eigenvalue weighted by Gasteiger charge is -2.37. The van der Waals surface area contributed by atoms with Crippen molar-refractivity contribution in [3.63, 3.8) is 0 Å². The summed E-state index contributed by atoms with van der Waals surface area (Å²) in [5, 5.41) is 0. The van der Waals surface area contributed by atoms with Gasteiger partial charge in [-0.05, 0) is 52.9 Å². The summed E-state index contributed by atoms with van der Waals surface area (Å²) in [5.74, 6) is -1.58. The maximum atomic E-state index is 12.7. The van der Waals surface area contributed by atoms with Gasteiger partial charge in [0.05, 0.1) is 24.4 Å². The van der Waals surface area contributed by atoms with Gasteiger partial charge in [-0.25, -0.2) is 0 Å². The van der Waals surface area contributed by atoms with Crippen LogP contribution in [0.3, 0.4) is 0 Å². The molecule has 0 aromatic carbocycles. The predicted octanol–water partition coefficient (Wildman–Crippen LogP) is 2.83. The number of carbonyl (C=O) groups excluding carboxylic acids is 3. The first kappa shape index (κ1) is 20.4. The Hall–Kier alpha value is -1.63. The van der Waals surface area contributed by atoms with Crippen LogP contribution in [0.4, 0.5) is 0 Å². The van der Waals surface area contributed by atoms with Gasteiger partial charge >= 0.3 is 11.9 Å². The van der Waals surface area contributed by atoms with E-state index < -0.39 is 31.6 Å². The highest BCUT2D eigenvalue weighted by molar-refractivity contribution is 6.70. The normalized spacial score (nSPS) is 24.1. The van der Waals surface area contributed by atoms with E-state index in [2.05, 4.69) is 0 Å². The third-order valence-corrected chi connectivity index (χ3v) is 4.49. The quantitative estimate of drug-likeness (QED) is 0.302. The predicted molar refractivity (Wildman–Crippen MR) is 91.6 cm³/mol. The van der Waals surface area contributed by atoms with E-state index in [0.717, 1.165) is 0 Å². The molecule has 0 radical (unpaired) electrons. The van der Waals surface area contributed by atoms with Gasteiger partial charge < -0.3 is 18.7 Å². The van der Waals surface area contributed by atoms with Gasteiger partial charge in [0.1, 0.15) is 11.7 Å². The third kappa shape index (κ3) is 4.93. The molecule has 0 saturated carbocycles.